The molecule has 1 aliphatic rings. The lowest BCUT2D eigenvalue weighted by atomic mass is 10.1. The standard InChI is InChI=1S/C14H19NO4/c1-10(17-3)14(16)15(2)9-11-4-5-12-13(8-11)19-7-6-18-12/h4-5,8,10H,6-7,9H2,1-3H3. The number of rotatable bonds is 4. The minimum absolute atomic E-state index is 0.0441. The van der Waals surface area contributed by atoms with E-state index in [-0.39, 0.29) is 5.91 Å². The summed E-state index contributed by atoms with van der Waals surface area (Å²) in [6, 6.07) is 5.73. The van der Waals surface area contributed by atoms with Gasteiger partial charge in [0.05, 0.1) is 0 Å². The van der Waals surface area contributed by atoms with Crippen LogP contribution in [0.2, 0.25) is 0 Å². The quantitative estimate of drug-likeness (QED) is 0.826. The molecule has 0 bridgehead atoms. The van der Waals surface area contributed by atoms with Crippen molar-refractivity contribution in [3.63, 3.8) is 0 Å². The Labute approximate surface area is 113 Å². The lowest BCUT2D eigenvalue weighted by Gasteiger charge is -2.22. The molecule has 1 unspecified atom stereocenters. The van der Waals surface area contributed by atoms with Gasteiger partial charge in [-0.2, -0.15) is 0 Å². The summed E-state index contributed by atoms with van der Waals surface area (Å²) >= 11 is 0. The van der Waals surface area contributed by atoms with Crippen LogP contribution in [0.5, 0.6) is 11.5 Å². The highest BCUT2D eigenvalue weighted by Gasteiger charge is 2.18. The number of benzene rings is 1. The number of carbonyl (C=O) groups excluding carboxylic acids is 1. The summed E-state index contributed by atoms with van der Waals surface area (Å²) in [5.74, 6) is 1.45. The molecule has 0 radical (unpaired) electrons. The summed E-state index contributed by atoms with van der Waals surface area (Å²) in [6.45, 7) is 3.40. The number of amides is 1. The summed E-state index contributed by atoms with van der Waals surface area (Å²) in [5, 5.41) is 0. The molecule has 0 N–H and O–H groups in total. The van der Waals surface area contributed by atoms with E-state index in [1.165, 1.54) is 7.11 Å². The summed E-state index contributed by atoms with van der Waals surface area (Å²) < 4.78 is 16.0. The molecule has 0 aromatic heterocycles. The van der Waals surface area contributed by atoms with E-state index in [9.17, 15) is 4.79 Å². The third-order valence-corrected chi connectivity index (χ3v) is 3.10. The molecular weight excluding hydrogens is 246 g/mol. The molecule has 0 saturated carbocycles. The molecule has 1 heterocycles. The van der Waals surface area contributed by atoms with Gasteiger partial charge in [-0.25, -0.2) is 0 Å². The van der Waals surface area contributed by atoms with Crippen LogP contribution in [0.4, 0.5) is 0 Å². The molecule has 104 valence electrons. The van der Waals surface area contributed by atoms with Crippen LogP contribution in [-0.4, -0.2) is 44.3 Å². The maximum Gasteiger partial charge on any atom is 0.251 e. The monoisotopic (exact) mass is 265 g/mol. The van der Waals surface area contributed by atoms with E-state index in [0.717, 1.165) is 17.1 Å². The van der Waals surface area contributed by atoms with Crippen molar-refractivity contribution < 1.29 is 19.0 Å². The lowest BCUT2D eigenvalue weighted by Crippen LogP contribution is -2.35. The van der Waals surface area contributed by atoms with Crippen LogP contribution in [0.1, 0.15) is 12.5 Å². The first-order chi connectivity index (χ1) is 9.11. The van der Waals surface area contributed by atoms with Gasteiger partial charge in [0, 0.05) is 20.7 Å². The van der Waals surface area contributed by atoms with Crippen molar-refractivity contribution in [2.75, 3.05) is 27.4 Å². The highest BCUT2D eigenvalue weighted by atomic mass is 16.6. The van der Waals surface area contributed by atoms with Gasteiger partial charge >= 0.3 is 0 Å². The minimum atomic E-state index is -0.429. The summed E-state index contributed by atoms with van der Waals surface area (Å²) in [6.07, 6.45) is -0.429. The van der Waals surface area contributed by atoms with Crippen molar-refractivity contribution in [2.24, 2.45) is 0 Å². The zero-order valence-electron chi connectivity index (χ0n) is 11.5. The number of likely N-dealkylation sites (N-methyl/N-ethyl adjacent to an activating group) is 1. The van der Waals surface area contributed by atoms with Gasteiger partial charge in [0.2, 0.25) is 0 Å². The Morgan fingerprint density at radius 3 is 2.74 bits per heavy atom. The van der Waals surface area contributed by atoms with E-state index in [4.69, 9.17) is 14.2 Å². The summed E-state index contributed by atoms with van der Waals surface area (Å²) in [7, 11) is 3.29. The SMILES string of the molecule is COC(C)C(=O)N(C)Cc1ccc2c(c1)OCCO2. The van der Waals surface area contributed by atoms with Gasteiger partial charge in [0.1, 0.15) is 19.3 Å². The zero-order chi connectivity index (χ0) is 13.8. The van der Waals surface area contributed by atoms with E-state index < -0.39 is 6.10 Å². The van der Waals surface area contributed by atoms with Crippen molar-refractivity contribution in [3.8, 4) is 11.5 Å². The maximum absolute atomic E-state index is 11.9. The Morgan fingerprint density at radius 1 is 1.37 bits per heavy atom. The number of ether oxygens (including phenoxy) is 3. The molecule has 1 atom stereocenters. The molecule has 5 nitrogen and oxygen atoms in total. The number of fused-ring (bicyclic) bond motifs is 1. The van der Waals surface area contributed by atoms with Crippen molar-refractivity contribution in [2.45, 2.75) is 19.6 Å². The minimum Gasteiger partial charge on any atom is -0.486 e. The second-order valence-electron chi connectivity index (χ2n) is 4.55. The average molecular weight is 265 g/mol. The molecule has 0 spiro atoms. The molecule has 5 heteroatoms. The molecule has 0 aliphatic carbocycles. The van der Waals surface area contributed by atoms with Crippen LogP contribution in [0.25, 0.3) is 0 Å². The van der Waals surface area contributed by atoms with Crippen LogP contribution >= 0.6 is 0 Å². The van der Waals surface area contributed by atoms with E-state index in [0.29, 0.717) is 19.8 Å². The number of methoxy groups -OCH3 is 1. The second kappa shape index (κ2) is 5.93. The number of nitrogens with zero attached hydrogens (tertiary/aromatic N) is 1. The van der Waals surface area contributed by atoms with Crippen LogP contribution in [-0.2, 0) is 16.1 Å². The third-order valence-electron chi connectivity index (χ3n) is 3.10. The third kappa shape index (κ3) is 3.17. The van der Waals surface area contributed by atoms with E-state index >= 15 is 0 Å². The summed E-state index contributed by atoms with van der Waals surface area (Å²) in [4.78, 5) is 13.6. The Bertz CT molecular complexity index is 461. The van der Waals surface area contributed by atoms with Gasteiger partial charge < -0.3 is 19.1 Å². The van der Waals surface area contributed by atoms with Gasteiger partial charge in [0.25, 0.3) is 5.91 Å². The Morgan fingerprint density at radius 2 is 2.05 bits per heavy atom. The van der Waals surface area contributed by atoms with E-state index in [1.807, 2.05) is 18.2 Å². The van der Waals surface area contributed by atoms with Gasteiger partial charge in [0.15, 0.2) is 11.5 Å². The second-order valence-corrected chi connectivity index (χ2v) is 4.55. The van der Waals surface area contributed by atoms with Crippen molar-refractivity contribution >= 4 is 5.91 Å². The van der Waals surface area contributed by atoms with Crippen LogP contribution in [0.15, 0.2) is 18.2 Å². The van der Waals surface area contributed by atoms with Gasteiger partial charge in [-0.1, -0.05) is 6.07 Å². The highest BCUT2D eigenvalue weighted by molar-refractivity contribution is 5.80. The van der Waals surface area contributed by atoms with Gasteiger partial charge in [-0.15, -0.1) is 0 Å². The molecule has 0 fully saturated rings. The fourth-order valence-electron chi connectivity index (χ4n) is 1.95. The molecule has 0 saturated heterocycles. The van der Waals surface area contributed by atoms with Crippen LogP contribution < -0.4 is 9.47 Å². The molecule has 1 aromatic rings. The molecule has 19 heavy (non-hydrogen) atoms. The molecular formula is C14H19NO4. The first-order valence-electron chi connectivity index (χ1n) is 6.28. The fraction of sp³-hybridized carbons (Fsp3) is 0.500. The number of hydrogen-bond acceptors (Lipinski definition) is 4. The molecule has 1 amide bonds. The Hall–Kier alpha value is -1.75. The Kier molecular flexibility index (Phi) is 4.27. The predicted molar refractivity (Wildman–Crippen MR) is 70.4 cm³/mol. The Balaban J connectivity index is 2.05. The van der Waals surface area contributed by atoms with Crippen LogP contribution in [0, 0.1) is 0 Å². The first kappa shape index (κ1) is 13.7. The smallest absolute Gasteiger partial charge is 0.251 e. The molecule has 1 aliphatic heterocycles. The van der Waals surface area contributed by atoms with Gasteiger partial charge in [-0.05, 0) is 24.6 Å². The zero-order valence-corrected chi connectivity index (χ0v) is 11.5. The molecule has 2 rings (SSSR count). The fourth-order valence-corrected chi connectivity index (χ4v) is 1.95. The summed E-state index contributed by atoms with van der Waals surface area (Å²) in [5.41, 5.74) is 1.00. The number of hydrogen-bond donors (Lipinski definition) is 0. The van der Waals surface area contributed by atoms with Crippen molar-refractivity contribution in [1.82, 2.24) is 4.90 Å². The largest absolute Gasteiger partial charge is 0.486 e. The van der Waals surface area contributed by atoms with E-state index in [2.05, 4.69) is 0 Å². The highest BCUT2D eigenvalue weighted by Crippen LogP contribution is 2.31. The van der Waals surface area contributed by atoms with E-state index in [1.54, 1.807) is 18.9 Å². The van der Waals surface area contributed by atoms with Crippen molar-refractivity contribution in [1.29, 1.82) is 0 Å². The van der Waals surface area contributed by atoms with Crippen LogP contribution in [0.3, 0.4) is 0 Å². The number of carbonyl (C=O) groups is 1. The van der Waals surface area contributed by atoms with Crippen molar-refractivity contribution in [3.05, 3.63) is 23.8 Å². The lowest BCUT2D eigenvalue weighted by molar-refractivity contribution is -0.140. The predicted octanol–water partition coefficient (Wildman–Crippen LogP) is 1.45. The normalized spacial score (nSPS) is 14.9. The first-order valence-corrected chi connectivity index (χ1v) is 6.28. The van der Waals surface area contributed by atoms with Gasteiger partial charge in [-0.3, -0.25) is 4.79 Å². The molecule has 1 aromatic carbocycles. The maximum atomic E-state index is 11.9. The average Bonchev–Trinajstić information content (AvgIpc) is 2.45. The topological polar surface area (TPSA) is 48.0 Å².